The van der Waals surface area contributed by atoms with E-state index < -0.39 is 0 Å². The van der Waals surface area contributed by atoms with Gasteiger partial charge in [-0.25, -0.2) is 0 Å². The molecule has 0 aliphatic heterocycles. The van der Waals surface area contributed by atoms with Crippen LogP contribution in [0.15, 0.2) is 24.3 Å². The number of benzene rings is 1. The first kappa shape index (κ1) is 9.30. The van der Waals surface area contributed by atoms with Crippen LogP contribution in [0.5, 0.6) is 0 Å². The van der Waals surface area contributed by atoms with Crippen LogP contribution in [0.3, 0.4) is 0 Å². The first-order valence-electron chi connectivity index (χ1n) is 5.14. The van der Waals surface area contributed by atoms with E-state index in [0.717, 1.165) is 25.8 Å². The zero-order chi connectivity index (χ0) is 9.80. The Bertz CT molecular complexity index is 323. The number of fused-ring (bicyclic) bond motifs is 1. The Kier molecular flexibility index (Phi) is 2.86. The molecule has 1 aromatic rings. The van der Waals surface area contributed by atoms with Gasteiger partial charge in [-0.05, 0) is 24.0 Å². The maximum Gasteiger partial charge on any atom is 0.0212 e. The van der Waals surface area contributed by atoms with Gasteiger partial charge in [0.25, 0.3) is 0 Å². The van der Waals surface area contributed by atoms with Crippen LogP contribution in [-0.2, 0) is 12.8 Å². The first-order chi connectivity index (χ1) is 6.90. The van der Waals surface area contributed by atoms with Crippen LogP contribution >= 0.6 is 0 Å². The van der Waals surface area contributed by atoms with Gasteiger partial charge in [0, 0.05) is 19.0 Å². The van der Waals surface area contributed by atoms with Gasteiger partial charge in [-0.15, -0.1) is 12.3 Å². The molecule has 1 N–H and O–H groups in total. The van der Waals surface area contributed by atoms with Crippen molar-refractivity contribution in [2.45, 2.75) is 25.3 Å². The molecule has 0 bridgehead atoms. The van der Waals surface area contributed by atoms with E-state index in [1.165, 1.54) is 11.1 Å². The predicted octanol–water partition coefficient (Wildman–Crippen LogP) is 1.77. The quantitative estimate of drug-likeness (QED) is 0.559. The Morgan fingerprint density at radius 3 is 2.50 bits per heavy atom. The summed E-state index contributed by atoms with van der Waals surface area (Å²) in [6.45, 7) is 0.940. The van der Waals surface area contributed by atoms with Gasteiger partial charge in [0.2, 0.25) is 0 Å². The molecular formula is C13H15N. The van der Waals surface area contributed by atoms with Gasteiger partial charge in [0.15, 0.2) is 0 Å². The molecule has 0 saturated heterocycles. The number of nitrogens with one attached hydrogen (secondary N) is 1. The average Bonchev–Trinajstić information content (AvgIpc) is 2.60. The Morgan fingerprint density at radius 2 is 1.93 bits per heavy atom. The summed E-state index contributed by atoms with van der Waals surface area (Å²) in [6.07, 6.45) is 8.34. The second kappa shape index (κ2) is 4.30. The maximum atomic E-state index is 5.21. The maximum absolute atomic E-state index is 5.21. The van der Waals surface area contributed by atoms with Gasteiger partial charge >= 0.3 is 0 Å². The van der Waals surface area contributed by atoms with Crippen LogP contribution in [0.25, 0.3) is 0 Å². The molecule has 1 nitrogen and oxygen atoms in total. The standard InChI is InChI=1S/C13H15N/c1-2-3-8-14-13-9-11-6-4-5-7-12(11)10-13/h1,4-7,13-14H,3,8-10H2. The lowest BCUT2D eigenvalue weighted by Gasteiger charge is -2.09. The largest absolute Gasteiger partial charge is 0.312 e. The molecule has 2 rings (SSSR count). The molecule has 0 unspecified atom stereocenters. The van der Waals surface area contributed by atoms with E-state index in [-0.39, 0.29) is 0 Å². The lowest BCUT2D eigenvalue weighted by Crippen LogP contribution is -2.30. The van der Waals surface area contributed by atoms with Gasteiger partial charge in [-0.3, -0.25) is 0 Å². The Labute approximate surface area is 85.5 Å². The Morgan fingerprint density at radius 1 is 1.29 bits per heavy atom. The van der Waals surface area contributed by atoms with Crippen molar-refractivity contribution in [3.63, 3.8) is 0 Å². The van der Waals surface area contributed by atoms with E-state index in [4.69, 9.17) is 6.42 Å². The van der Waals surface area contributed by atoms with Crippen molar-refractivity contribution in [1.29, 1.82) is 0 Å². The van der Waals surface area contributed by atoms with E-state index in [9.17, 15) is 0 Å². The van der Waals surface area contributed by atoms with E-state index >= 15 is 0 Å². The van der Waals surface area contributed by atoms with E-state index in [2.05, 4.69) is 35.5 Å². The summed E-state index contributed by atoms with van der Waals surface area (Å²) < 4.78 is 0. The number of hydrogen-bond acceptors (Lipinski definition) is 1. The van der Waals surface area contributed by atoms with Crippen LogP contribution in [0.2, 0.25) is 0 Å². The minimum Gasteiger partial charge on any atom is -0.312 e. The molecule has 0 fully saturated rings. The molecule has 1 aromatic carbocycles. The summed E-state index contributed by atoms with van der Waals surface area (Å²) in [6, 6.07) is 9.27. The second-order valence-corrected chi connectivity index (χ2v) is 3.78. The van der Waals surface area contributed by atoms with Crippen molar-refractivity contribution in [3.8, 4) is 12.3 Å². The molecule has 0 amide bonds. The molecular weight excluding hydrogens is 170 g/mol. The van der Waals surface area contributed by atoms with E-state index in [1.807, 2.05) is 0 Å². The van der Waals surface area contributed by atoms with Crippen molar-refractivity contribution >= 4 is 0 Å². The molecule has 1 aliphatic carbocycles. The monoisotopic (exact) mass is 185 g/mol. The van der Waals surface area contributed by atoms with Crippen molar-refractivity contribution in [2.24, 2.45) is 0 Å². The molecule has 0 atom stereocenters. The molecule has 0 spiro atoms. The fraction of sp³-hybridized carbons (Fsp3) is 0.385. The smallest absolute Gasteiger partial charge is 0.0212 e. The minimum atomic E-state index is 0.598. The van der Waals surface area contributed by atoms with Crippen LogP contribution < -0.4 is 5.32 Å². The van der Waals surface area contributed by atoms with Crippen molar-refractivity contribution in [1.82, 2.24) is 5.32 Å². The summed E-state index contributed by atoms with van der Waals surface area (Å²) in [7, 11) is 0. The van der Waals surface area contributed by atoms with Gasteiger partial charge < -0.3 is 5.32 Å². The Balaban J connectivity index is 1.89. The molecule has 0 radical (unpaired) electrons. The highest BCUT2D eigenvalue weighted by atomic mass is 14.9. The van der Waals surface area contributed by atoms with Crippen molar-refractivity contribution < 1.29 is 0 Å². The summed E-state index contributed by atoms with van der Waals surface area (Å²) in [4.78, 5) is 0. The molecule has 0 saturated carbocycles. The van der Waals surface area contributed by atoms with Crippen molar-refractivity contribution in [2.75, 3.05) is 6.54 Å². The fourth-order valence-electron chi connectivity index (χ4n) is 2.05. The molecule has 14 heavy (non-hydrogen) atoms. The highest BCUT2D eigenvalue weighted by molar-refractivity contribution is 5.33. The highest BCUT2D eigenvalue weighted by Gasteiger charge is 2.19. The van der Waals surface area contributed by atoms with Crippen LogP contribution in [0.4, 0.5) is 0 Å². The molecule has 1 heteroatoms. The highest BCUT2D eigenvalue weighted by Crippen LogP contribution is 2.21. The van der Waals surface area contributed by atoms with Gasteiger partial charge in [-0.1, -0.05) is 24.3 Å². The van der Waals surface area contributed by atoms with Gasteiger partial charge in [0.05, 0.1) is 0 Å². The van der Waals surface area contributed by atoms with Gasteiger partial charge in [-0.2, -0.15) is 0 Å². The van der Waals surface area contributed by atoms with E-state index in [1.54, 1.807) is 0 Å². The third kappa shape index (κ3) is 1.97. The predicted molar refractivity (Wildman–Crippen MR) is 59.1 cm³/mol. The Hall–Kier alpha value is -1.26. The van der Waals surface area contributed by atoms with E-state index in [0.29, 0.717) is 6.04 Å². The third-order valence-electron chi connectivity index (χ3n) is 2.75. The van der Waals surface area contributed by atoms with Crippen molar-refractivity contribution in [3.05, 3.63) is 35.4 Å². The van der Waals surface area contributed by atoms with Gasteiger partial charge in [0.1, 0.15) is 0 Å². The molecule has 72 valence electrons. The zero-order valence-corrected chi connectivity index (χ0v) is 8.29. The molecule has 0 heterocycles. The number of hydrogen-bond donors (Lipinski definition) is 1. The molecule has 1 aliphatic rings. The summed E-state index contributed by atoms with van der Waals surface area (Å²) in [5.41, 5.74) is 2.98. The SMILES string of the molecule is C#CCCNC1Cc2ccccc2C1. The normalized spacial score (nSPS) is 15.1. The average molecular weight is 185 g/mol. The van der Waals surface area contributed by atoms with Crippen LogP contribution in [0.1, 0.15) is 17.5 Å². The summed E-state index contributed by atoms with van der Waals surface area (Å²) in [5.74, 6) is 2.65. The second-order valence-electron chi connectivity index (χ2n) is 3.78. The topological polar surface area (TPSA) is 12.0 Å². The summed E-state index contributed by atoms with van der Waals surface area (Å²) in [5, 5.41) is 3.49. The first-order valence-corrected chi connectivity index (χ1v) is 5.14. The third-order valence-corrected chi connectivity index (χ3v) is 2.75. The summed E-state index contributed by atoms with van der Waals surface area (Å²) >= 11 is 0. The fourth-order valence-corrected chi connectivity index (χ4v) is 2.05. The number of terminal acetylenes is 1. The van der Waals surface area contributed by atoms with Crippen LogP contribution in [0, 0.1) is 12.3 Å². The lowest BCUT2D eigenvalue weighted by atomic mass is 10.1. The lowest BCUT2D eigenvalue weighted by molar-refractivity contribution is 0.541. The number of rotatable bonds is 3. The zero-order valence-electron chi connectivity index (χ0n) is 8.29. The molecule has 0 aromatic heterocycles. The van der Waals surface area contributed by atoms with Crippen LogP contribution in [-0.4, -0.2) is 12.6 Å². The minimum absolute atomic E-state index is 0.598.